The van der Waals surface area contributed by atoms with Crippen LogP contribution in [0.5, 0.6) is 0 Å². The molecule has 0 heterocycles. The van der Waals surface area contributed by atoms with Crippen LogP contribution in [0, 0.1) is 11.3 Å². The number of amides is 1. The van der Waals surface area contributed by atoms with Gasteiger partial charge in [0.2, 0.25) is 5.91 Å². The Morgan fingerprint density at radius 1 is 1.27 bits per heavy atom. The highest BCUT2D eigenvalue weighted by Gasteiger charge is 2.37. The molecule has 0 unspecified atom stereocenters. The van der Waals surface area contributed by atoms with E-state index in [1.54, 1.807) is 0 Å². The summed E-state index contributed by atoms with van der Waals surface area (Å²) in [5.41, 5.74) is 0.265. The number of nitrogens with zero attached hydrogens (tertiary/aromatic N) is 2. The van der Waals surface area contributed by atoms with E-state index in [4.69, 9.17) is 0 Å². The number of carbonyl (C=O) groups excluding carboxylic acids is 1. The number of alkyl halides is 3. The lowest BCUT2D eigenvalue weighted by atomic mass is 9.64. The molecule has 0 aromatic heterocycles. The van der Waals surface area contributed by atoms with E-state index in [9.17, 15) is 18.0 Å². The Hall–Kier alpha value is -0.740. The summed E-state index contributed by atoms with van der Waals surface area (Å²) in [6.45, 7) is 6.13. The van der Waals surface area contributed by atoms with Gasteiger partial charge in [-0.3, -0.25) is 4.79 Å². The van der Waals surface area contributed by atoms with Gasteiger partial charge < -0.3 is 15.5 Å². The van der Waals surface area contributed by atoms with Gasteiger partial charge in [-0.1, -0.05) is 20.3 Å². The van der Waals surface area contributed by atoms with Gasteiger partial charge in [0, 0.05) is 20.1 Å². The molecule has 9 heteroatoms. The molecule has 1 amide bonds. The second-order valence-corrected chi connectivity index (χ2v) is 7.37. The van der Waals surface area contributed by atoms with Gasteiger partial charge in [0.1, 0.15) is 13.1 Å². The maximum Gasteiger partial charge on any atom is 0.406 e. The third-order valence-electron chi connectivity index (χ3n) is 4.45. The maximum absolute atomic E-state index is 12.3. The summed E-state index contributed by atoms with van der Waals surface area (Å²) in [6, 6.07) is 0. The van der Waals surface area contributed by atoms with E-state index in [1.165, 1.54) is 19.3 Å². The quantitative estimate of drug-likeness (QED) is 0.310. The van der Waals surface area contributed by atoms with Crippen molar-refractivity contribution in [1.29, 1.82) is 0 Å². The van der Waals surface area contributed by atoms with Crippen molar-refractivity contribution in [3.8, 4) is 0 Å². The van der Waals surface area contributed by atoms with Crippen LogP contribution in [0.3, 0.4) is 0 Å². The molecule has 0 radical (unpaired) electrons. The normalized spacial score (nSPS) is 16.5. The highest BCUT2D eigenvalue weighted by molar-refractivity contribution is 14.0. The van der Waals surface area contributed by atoms with Crippen LogP contribution in [0.1, 0.15) is 46.5 Å². The summed E-state index contributed by atoms with van der Waals surface area (Å²) in [7, 11) is 1.14. The van der Waals surface area contributed by atoms with E-state index in [-0.39, 0.29) is 35.9 Å². The average molecular weight is 492 g/mol. The Labute approximate surface area is 171 Å². The molecule has 0 spiro atoms. The molecule has 2 N–H and O–H groups in total. The number of guanidine groups is 1. The number of aliphatic imine (C=N–C) groups is 1. The molecule has 154 valence electrons. The Morgan fingerprint density at radius 2 is 1.88 bits per heavy atom. The molecule has 0 bridgehead atoms. The molecule has 0 aromatic carbocycles. The van der Waals surface area contributed by atoms with Crippen molar-refractivity contribution in [3.05, 3.63) is 0 Å². The number of carbonyl (C=O) groups is 1. The van der Waals surface area contributed by atoms with Crippen LogP contribution in [-0.4, -0.2) is 56.2 Å². The molecule has 26 heavy (non-hydrogen) atoms. The maximum atomic E-state index is 12.3. The summed E-state index contributed by atoms with van der Waals surface area (Å²) < 4.78 is 37.0. The Bertz CT molecular complexity index is 465. The zero-order valence-corrected chi connectivity index (χ0v) is 18.4. The molecular weight excluding hydrogens is 460 g/mol. The first-order chi connectivity index (χ1) is 11.6. The van der Waals surface area contributed by atoms with E-state index in [0.717, 1.165) is 20.0 Å². The minimum atomic E-state index is -4.40. The molecule has 1 saturated carbocycles. The van der Waals surface area contributed by atoms with Crippen LogP contribution in [-0.2, 0) is 4.79 Å². The highest BCUT2D eigenvalue weighted by Crippen LogP contribution is 2.45. The van der Waals surface area contributed by atoms with Gasteiger partial charge in [-0.25, -0.2) is 4.99 Å². The Morgan fingerprint density at radius 3 is 2.31 bits per heavy atom. The Balaban J connectivity index is 0.00000625. The molecule has 0 aromatic rings. The number of hydrogen-bond donors (Lipinski definition) is 2. The fourth-order valence-corrected chi connectivity index (χ4v) is 3.23. The number of rotatable bonds is 8. The van der Waals surface area contributed by atoms with Crippen LogP contribution in [0.15, 0.2) is 4.99 Å². The first kappa shape index (κ1) is 25.3. The number of nitrogens with one attached hydrogen (secondary N) is 2. The minimum Gasteiger partial charge on any atom is -0.357 e. The molecular formula is C17H32F3IN4O. The lowest BCUT2D eigenvalue weighted by Crippen LogP contribution is -2.47. The first-order valence-corrected chi connectivity index (χ1v) is 8.90. The smallest absolute Gasteiger partial charge is 0.357 e. The van der Waals surface area contributed by atoms with Crippen LogP contribution in [0.25, 0.3) is 0 Å². The van der Waals surface area contributed by atoms with Crippen molar-refractivity contribution in [2.45, 2.75) is 52.6 Å². The highest BCUT2D eigenvalue weighted by atomic mass is 127. The van der Waals surface area contributed by atoms with Crippen molar-refractivity contribution >= 4 is 35.8 Å². The average Bonchev–Trinajstić information content (AvgIpc) is 2.44. The summed E-state index contributed by atoms with van der Waals surface area (Å²) in [5.74, 6) is 0.431. The summed E-state index contributed by atoms with van der Waals surface area (Å²) >= 11 is 0. The SMILES string of the molecule is CCNC(=NCC(=O)N(C)CC(F)(F)F)NCC1(CC(C)C)CCC1.I. The topological polar surface area (TPSA) is 56.7 Å². The van der Waals surface area contributed by atoms with E-state index >= 15 is 0 Å². The molecule has 1 fully saturated rings. The summed E-state index contributed by atoms with van der Waals surface area (Å²) in [4.78, 5) is 16.6. The fraction of sp³-hybridized carbons (Fsp3) is 0.882. The van der Waals surface area contributed by atoms with E-state index in [2.05, 4.69) is 29.5 Å². The number of hydrogen-bond acceptors (Lipinski definition) is 2. The monoisotopic (exact) mass is 492 g/mol. The molecule has 0 saturated heterocycles. The van der Waals surface area contributed by atoms with Crippen molar-refractivity contribution in [3.63, 3.8) is 0 Å². The minimum absolute atomic E-state index is 0. The van der Waals surface area contributed by atoms with Gasteiger partial charge in [-0.15, -0.1) is 24.0 Å². The lowest BCUT2D eigenvalue weighted by molar-refractivity contribution is -0.157. The summed E-state index contributed by atoms with van der Waals surface area (Å²) in [5, 5.41) is 6.30. The van der Waals surface area contributed by atoms with Gasteiger partial charge in [0.15, 0.2) is 5.96 Å². The molecule has 0 atom stereocenters. The molecule has 1 aliphatic rings. The van der Waals surface area contributed by atoms with E-state index in [0.29, 0.717) is 23.3 Å². The van der Waals surface area contributed by atoms with E-state index in [1.807, 2.05) is 6.92 Å². The third kappa shape index (κ3) is 9.27. The van der Waals surface area contributed by atoms with Crippen LogP contribution < -0.4 is 10.6 Å². The molecule has 1 aliphatic carbocycles. The van der Waals surface area contributed by atoms with Gasteiger partial charge >= 0.3 is 6.18 Å². The van der Waals surface area contributed by atoms with Gasteiger partial charge in [-0.2, -0.15) is 13.2 Å². The molecule has 1 rings (SSSR count). The van der Waals surface area contributed by atoms with Crippen LogP contribution >= 0.6 is 24.0 Å². The van der Waals surface area contributed by atoms with Crippen molar-refractivity contribution in [2.24, 2.45) is 16.3 Å². The van der Waals surface area contributed by atoms with Gasteiger partial charge in [0.25, 0.3) is 0 Å². The zero-order valence-electron chi connectivity index (χ0n) is 16.1. The summed E-state index contributed by atoms with van der Waals surface area (Å²) in [6.07, 6.45) is 0.301. The zero-order chi connectivity index (χ0) is 19.1. The lowest BCUT2D eigenvalue weighted by Gasteiger charge is -2.43. The van der Waals surface area contributed by atoms with Crippen LogP contribution in [0.2, 0.25) is 0 Å². The predicted molar refractivity (Wildman–Crippen MR) is 109 cm³/mol. The fourth-order valence-electron chi connectivity index (χ4n) is 3.23. The van der Waals surface area contributed by atoms with Crippen molar-refractivity contribution < 1.29 is 18.0 Å². The van der Waals surface area contributed by atoms with Crippen molar-refractivity contribution in [1.82, 2.24) is 15.5 Å². The van der Waals surface area contributed by atoms with Crippen molar-refractivity contribution in [2.75, 3.05) is 33.2 Å². The second-order valence-electron chi connectivity index (χ2n) is 7.37. The standard InChI is InChI=1S/C17H31F3N4O.HI/c1-5-21-15(22-10-14(25)24(4)12-17(18,19)20)23-11-16(7-6-8-16)9-13(2)3;/h13H,5-12H2,1-4H3,(H2,21,22,23);1H. The third-order valence-corrected chi connectivity index (χ3v) is 4.45. The second kappa shape index (κ2) is 11.2. The number of likely N-dealkylation sites (N-methyl/N-ethyl adjacent to an activating group) is 1. The predicted octanol–water partition coefficient (Wildman–Crippen LogP) is 3.40. The molecule has 0 aliphatic heterocycles. The van der Waals surface area contributed by atoms with Gasteiger partial charge in [0.05, 0.1) is 0 Å². The van der Waals surface area contributed by atoms with Crippen LogP contribution in [0.4, 0.5) is 13.2 Å². The van der Waals surface area contributed by atoms with E-state index < -0.39 is 18.6 Å². The number of halogens is 4. The largest absolute Gasteiger partial charge is 0.406 e. The first-order valence-electron chi connectivity index (χ1n) is 8.90. The van der Waals surface area contributed by atoms with Gasteiger partial charge in [-0.05, 0) is 37.5 Å². The molecule has 5 nitrogen and oxygen atoms in total. The Kier molecular flexibility index (Phi) is 10.9.